The predicted molar refractivity (Wildman–Crippen MR) is 149 cm³/mol. The minimum absolute atomic E-state index is 0.000367. The van der Waals surface area contributed by atoms with E-state index in [0.29, 0.717) is 0 Å². The zero-order valence-corrected chi connectivity index (χ0v) is 23.0. The van der Waals surface area contributed by atoms with Crippen molar-refractivity contribution >= 4 is 27.5 Å². The molecule has 1 aliphatic carbocycles. The maximum Gasteiger partial charge on any atom is 0.264 e. The predicted octanol–water partition coefficient (Wildman–Crippen LogP) is 4.81. The first-order valence-electron chi connectivity index (χ1n) is 13.1. The van der Waals surface area contributed by atoms with Gasteiger partial charge in [0.1, 0.15) is 18.4 Å². The van der Waals surface area contributed by atoms with Crippen LogP contribution in [0, 0.1) is 12.7 Å². The maximum atomic E-state index is 13.9. The molecule has 4 rings (SSSR count). The quantitative estimate of drug-likeness (QED) is 0.392. The minimum Gasteiger partial charge on any atom is -0.352 e. The average Bonchev–Trinajstić information content (AvgIpc) is 3.45. The molecule has 0 saturated heterocycles. The summed E-state index contributed by atoms with van der Waals surface area (Å²) < 4.78 is 42.1. The third-order valence-corrected chi connectivity index (χ3v) is 8.98. The van der Waals surface area contributed by atoms with E-state index in [-0.39, 0.29) is 29.1 Å². The molecule has 39 heavy (non-hydrogen) atoms. The van der Waals surface area contributed by atoms with E-state index in [0.717, 1.165) is 53.2 Å². The number of halogens is 1. The van der Waals surface area contributed by atoms with E-state index < -0.39 is 34.3 Å². The van der Waals surface area contributed by atoms with E-state index in [2.05, 4.69) is 5.32 Å². The molecule has 0 spiro atoms. The van der Waals surface area contributed by atoms with Gasteiger partial charge in [0.2, 0.25) is 11.8 Å². The molecule has 0 radical (unpaired) electrons. The molecule has 1 atom stereocenters. The molecule has 1 unspecified atom stereocenters. The van der Waals surface area contributed by atoms with Gasteiger partial charge < -0.3 is 10.2 Å². The molecule has 1 N–H and O–H groups in total. The third kappa shape index (κ3) is 6.84. The second-order valence-electron chi connectivity index (χ2n) is 9.92. The molecule has 2 amide bonds. The number of hydrogen-bond donors (Lipinski definition) is 1. The number of nitrogens with zero attached hydrogens (tertiary/aromatic N) is 2. The van der Waals surface area contributed by atoms with Crippen LogP contribution in [-0.2, 0) is 26.2 Å². The largest absolute Gasteiger partial charge is 0.352 e. The van der Waals surface area contributed by atoms with E-state index >= 15 is 0 Å². The lowest BCUT2D eigenvalue weighted by atomic mass is 10.1. The highest BCUT2D eigenvalue weighted by molar-refractivity contribution is 7.92. The van der Waals surface area contributed by atoms with Gasteiger partial charge in [0, 0.05) is 12.6 Å². The Balaban J connectivity index is 1.68. The first-order chi connectivity index (χ1) is 18.7. The summed E-state index contributed by atoms with van der Waals surface area (Å²) in [6.07, 6.45) is 3.90. The zero-order valence-electron chi connectivity index (χ0n) is 22.2. The molecule has 1 aliphatic rings. The van der Waals surface area contributed by atoms with Gasteiger partial charge in [-0.25, -0.2) is 12.8 Å². The van der Waals surface area contributed by atoms with E-state index in [1.165, 1.54) is 29.2 Å². The van der Waals surface area contributed by atoms with Crippen LogP contribution < -0.4 is 9.62 Å². The second kappa shape index (κ2) is 12.4. The fourth-order valence-corrected chi connectivity index (χ4v) is 6.24. The fraction of sp³-hybridized carbons (Fsp3) is 0.333. The SMILES string of the molecule is Cc1ccccc1CN(C(=O)CN(c1ccc(F)cc1)S(=O)(=O)c1ccccc1)C(C)C(=O)NC1CCCC1. The van der Waals surface area contributed by atoms with E-state index in [9.17, 15) is 22.4 Å². The number of hydrogen-bond acceptors (Lipinski definition) is 4. The number of carbonyl (C=O) groups is 2. The Morgan fingerprint density at radius 2 is 1.56 bits per heavy atom. The monoisotopic (exact) mass is 551 g/mol. The van der Waals surface area contributed by atoms with Gasteiger partial charge in [0.05, 0.1) is 10.6 Å². The molecule has 0 bridgehead atoms. The van der Waals surface area contributed by atoms with Crippen molar-refractivity contribution < 1.29 is 22.4 Å². The lowest BCUT2D eigenvalue weighted by molar-refractivity contribution is -0.139. The van der Waals surface area contributed by atoms with Gasteiger partial charge in [-0.3, -0.25) is 13.9 Å². The number of amides is 2. The molecule has 3 aromatic rings. The van der Waals surface area contributed by atoms with Gasteiger partial charge in [0.15, 0.2) is 0 Å². The van der Waals surface area contributed by atoms with Crippen molar-refractivity contribution in [1.82, 2.24) is 10.2 Å². The van der Waals surface area contributed by atoms with Gasteiger partial charge in [0.25, 0.3) is 10.0 Å². The Kier molecular flexibility index (Phi) is 9.01. The minimum atomic E-state index is -4.18. The molecule has 1 fully saturated rings. The normalized spacial score (nSPS) is 14.5. The topological polar surface area (TPSA) is 86.8 Å². The summed E-state index contributed by atoms with van der Waals surface area (Å²) >= 11 is 0. The Hall–Kier alpha value is -3.72. The average molecular weight is 552 g/mol. The molecular formula is C30H34FN3O4S. The summed E-state index contributed by atoms with van der Waals surface area (Å²) in [6.45, 7) is 3.16. The molecule has 0 aliphatic heterocycles. The van der Waals surface area contributed by atoms with Crippen LogP contribution in [0.25, 0.3) is 0 Å². The summed E-state index contributed by atoms with van der Waals surface area (Å²) in [7, 11) is -4.18. The van der Waals surface area contributed by atoms with Gasteiger partial charge in [-0.1, -0.05) is 55.3 Å². The van der Waals surface area contributed by atoms with Crippen LogP contribution in [0.15, 0.2) is 83.8 Å². The van der Waals surface area contributed by atoms with Crippen LogP contribution >= 0.6 is 0 Å². The molecule has 9 heteroatoms. The van der Waals surface area contributed by atoms with Crippen molar-refractivity contribution in [1.29, 1.82) is 0 Å². The van der Waals surface area contributed by atoms with Gasteiger partial charge in [-0.15, -0.1) is 0 Å². The number of rotatable bonds is 10. The first-order valence-corrected chi connectivity index (χ1v) is 14.6. The van der Waals surface area contributed by atoms with Crippen LogP contribution in [0.2, 0.25) is 0 Å². The summed E-state index contributed by atoms with van der Waals surface area (Å²) in [5.74, 6) is -1.35. The number of carbonyl (C=O) groups excluding carboxylic acids is 2. The number of benzene rings is 3. The Bertz CT molecular complexity index is 1390. The van der Waals surface area contributed by atoms with Crippen molar-refractivity contribution in [2.45, 2.75) is 63.1 Å². The molecule has 0 aromatic heterocycles. The number of nitrogens with one attached hydrogen (secondary N) is 1. The van der Waals surface area contributed by atoms with Crippen LogP contribution in [0.3, 0.4) is 0 Å². The molecule has 7 nitrogen and oxygen atoms in total. The molecular weight excluding hydrogens is 517 g/mol. The van der Waals surface area contributed by atoms with Gasteiger partial charge in [-0.05, 0) is 74.2 Å². The zero-order chi connectivity index (χ0) is 28.0. The lowest BCUT2D eigenvalue weighted by Gasteiger charge is -2.32. The van der Waals surface area contributed by atoms with Crippen molar-refractivity contribution in [3.05, 3.63) is 95.8 Å². The molecule has 206 valence electrons. The Morgan fingerprint density at radius 1 is 0.949 bits per heavy atom. The van der Waals surface area contributed by atoms with Crippen LogP contribution in [-0.4, -0.2) is 43.8 Å². The van der Waals surface area contributed by atoms with Crippen LogP contribution in [0.5, 0.6) is 0 Å². The van der Waals surface area contributed by atoms with Crippen LogP contribution in [0.1, 0.15) is 43.7 Å². The third-order valence-electron chi connectivity index (χ3n) is 7.20. The summed E-state index contributed by atoms with van der Waals surface area (Å²) in [5.41, 5.74) is 1.95. The smallest absolute Gasteiger partial charge is 0.264 e. The number of anilines is 1. The Morgan fingerprint density at radius 3 is 2.21 bits per heavy atom. The van der Waals surface area contributed by atoms with Crippen molar-refractivity contribution in [2.24, 2.45) is 0 Å². The van der Waals surface area contributed by atoms with Gasteiger partial charge in [-0.2, -0.15) is 0 Å². The van der Waals surface area contributed by atoms with E-state index in [4.69, 9.17) is 0 Å². The fourth-order valence-electron chi connectivity index (χ4n) is 4.80. The number of sulfonamides is 1. The van der Waals surface area contributed by atoms with Crippen LogP contribution in [0.4, 0.5) is 10.1 Å². The lowest BCUT2D eigenvalue weighted by Crippen LogP contribution is -2.52. The van der Waals surface area contributed by atoms with Crippen molar-refractivity contribution in [3.63, 3.8) is 0 Å². The highest BCUT2D eigenvalue weighted by Crippen LogP contribution is 2.25. The standard InChI is InChI=1S/C30H34FN3O4S/c1-22-10-6-7-11-24(22)20-33(23(2)30(36)32-26-12-8-9-13-26)29(35)21-34(27-18-16-25(31)17-19-27)39(37,38)28-14-4-3-5-15-28/h3-7,10-11,14-19,23,26H,8-9,12-13,20-21H2,1-2H3,(H,32,36). The summed E-state index contributed by atoms with van der Waals surface area (Å²) in [6, 6.07) is 19.5. The summed E-state index contributed by atoms with van der Waals surface area (Å²) in [5, 5.41) is 3.06. The number of aryl methyl sites for hydroxylation is 1. The molecule has 3 aromatic carbocycles. The highest BCUT2D eigenvalue weighted by Gasteiger charge is 2.33. The van der Waals surface area contributed by atoms with E-state index in [1.54, 1.807) is 25.1 Å². The second-order valence-corrected chi connectivity index (χ2v) is 11.8. The van der Waals surface area contributed by atoms with Crippen molar-refractivity contribution in [2.75, 3.05) is 10.8 Å². The Labute approximate surface area is 229 Å². The maximum absolute atomic E-state index is 13.9. The molecule has 0 heterocycles. The van der Waals surface area contributed by atoms with E-state index in [1.807, 2.05) is 31.2 Å². The first kappa shape index (κ1) is 28.3. The summed E-state index contributed by atoms with van der Waals surface area (Å²) in [4.78, 5) is 28.6. The molecule has 1 saturated carbocycles. The van der Waals surface area contributed by atoms with Crippen molar-refractivity contribution in [3.8, 4) is 0 Å². The highest BCUT2D eigenvalue weighted by atomic mass is 32.2. The van der Waals surface area contributed by atoms with Gasteiger partial charge >= 0.3 is 0 Å².